The summed E-state index contributed by atoms with van der Waals surface area (Å²) in [5.74, 6) is 0.990. The van der Waals surface area contributed by atoms with Gasteiger partial charge in [0.2, 0.25) is 0 Å². The van der Waals surface area contributed by atoms with Crippen molar-refractivity contribution in [1.82, 2.24) is 9.88 Å². The second-order valence-corrected chi connectivity index (χ2v) is 7.81. The van der Waals surface area contributed by atoms with Crippen molar-refractivity contribution in [2.24, 2.45) is 0 Å². The molecule has 1 atom stereocenters. The highest BCUT2D eigenvalue weighted by Gasteiger charge is 2.41. The molecule has 0 saturated carbocycles. The first-order valence-corrected chi connectivity index (χ1v) is 9.46. The van der Waals surface area contributed by atoms with Crippen LogP contribution in [0.5, 0.6) is 5.75 Å². The summed E-state index contributed by atoms with van der Waals surface area (Å²) >= 11 is 1.73. The number of carbonyl (C=O) groups is 1. The van der Waals surface area contributed by atoms with E-state index in [2.05, 4.69) is 16.8 Å². The second kappa shape index (κ2) is 6.30. The molecule has 1 aromatic carbocycles. The molecular formula is C19H22N2O2S. The number of carbonyl (C=O) groups excluding carboxylic acids is 1. The molecule has 1 saturated heterocycles. The number of rotatable bonds is 2. The van der Waals surface area contributed by atoms with Crippen molar-refractivity contribution in [2.75, 3.05) is 13.1 Å². The standard InChI is InChI=1S/C19H22N2O2S/c1-14-18(24-13-20-14)12-21-9-4-7-19(8-10-21)11-16(22)15-5-2-3-6-17(15)23-19/h2-3,5-6,13H,4,7-12H2,1H3. The molecule has 4 nitrogen and oxygen atoms in total. The first-order valence-electron chi connectivity index (χ1n) is 8.58. The van der Waals surface area contributed by atoms with Crippen LogP contribution in [0, 0.1) is 6.92 Å². The van der Waals surface area contributed by atoms with Crippen LogP contribution in [0.4, 0.5) is 0 Å². The lowest BCUT2D eigenvalue weighted by Gasteiger charge is -2.37. The van der Waals surface area contributed by atoms with Gasteiger partial charge in [-0.3, -0.25) is 9.69 Å². The number of ketones is 1. The van der Waals surface area contributed by atoms with Gasteiger partial charge in [0.15, 0.2) is 5.78 Å². The highest BCUT2D eigenvalue weighted by molar-refractivity contribution is 7.09. The number of likely N-dealkylation sites (tertiary alicyclic amines) is 1. The summed E-state index contributed by atoms with van der Waals surface area (Å²) in [7, 11) is 0. The number of ether oxygens (including phenoxy) is 1. The van der Waals surface area contributed by atoms with E-state index < -0.39 is 0 Å². The first-order chi connectivity index (χ1) is 11.7. The Hall–Kier alpha value is -1.72. The Morgan fingerprint density at radius 2 is 2.17 bits per heavy atom. The van der Waals surface area contributed by atoms with E-state index in [1.54, 1.807) is 11.3 Å². The number of benzene rings is 1. The molecule has 1 aromatic heterocycles. The zero-order valence-corrected chi connectivity index (χ0v) is 14.8. The van der Waals surface area contributed by atoms with Gasteiger partial charge in [-0.25, -0.2) is 4.98 Å². The van der Waals surface area contributed by atoms with Gasteiger partial charge >= 0.3 is 0 Å². The van der Waals surface area contributed by atoms with Gasteiger partial charge in [0, 0.05) is 24.4 Å². The molecule has 24 heavy (non-hydrogen) atoms. The van der Waals surface area contributed by atoms with Gasteiger partial charge in [-0.15, -0.1) is 11.3 Å². The van der Waals surface area contributed by atoms with E-state index in [-0.39, 0.29) is 11.4 Å². The van der Waals surface area contributed by atoms with Crippen molar-refractivity contribution in [3.63, 3.8) is 0 Å². The molecule has 1 spiro atoms. The van der Waals surface area contributed by atoms with E-state index in [1.807, 2.05) is 29.8 Å². The third-order valence-electron chi connectivity index (χ3n) is 5.20. The maximum absolute atomic E-state index is 12.6. The summed E-state index contributed by atoms with van der Waals surface area (Å²) in [6.45, 7) is 5.05. The molecular weight excluding hydrogens is 320 g/mol. The number of thiazole rings is 1. The van der Waals surface area contributed by atoms with Gasteiger partial charge in [0.25, 0.3) is 0 Å². The SMILES string of the molecule is Cc1ncsc1CN1CCCC2(CC1)CC(=O)c1ccccc1O2. The van der Waals surface area contributed by atoms with E-state index in [4.69, 9.17) is 4.74 Å². The lowest BCUT2D eigenvalue weighted by Crippen LogP contribution is -2.42. The largest absolute Gasteiger partial charge is 0.486 e. The quantitative estimate of drug-likeness (QED) is 0.831. The van der Waals surface area contributed by atoms with Crippen LogP contribution >= 0.6 is 11.3 Å². The number of aromatic nitrogens is 1. The fourth-order valence-corrected chi connectivity index (χ4v) is 4.60. The number of hydrogen-bond acceptors (Lipinski definition) is 5. The molecule has 2 aliphatic heterocycles. The monoisotopic (exact) mass is 342 g/mol. The third kappa shape index (κ3) is 2.98. The second-order valence-electron chi connectivity index (χ2n) is 6.87. The molecule has 2 aliphatic rings. The normalized spacial score (nSPS) is 24.5. The van der Waals surface area contributed by atoms with Crippen molar-refractivity contribution in [2.45, 2.75) is 44.8 Å². The van der Waals surface area contributed by atoms with Gasteiger partial charge in [0.1, 0.15) is 11.4 Å². The lowest BCUT2D eigenvalue weighted by atomic mass is 9.84. The summed E-state index contributed by atoms with van der Waals surface area (Å²) in [5, 5.41) is 0. The van der Waals surface area contributed by atoms with E-state index in [0.717, 1.165) is 55.9 Å². The van der Waals surface area contributed by atoms with Crippen molar-refractivity contribution >= 4 is 17.1 Å². The van der Waals surface area contributed by atoms with Crippen molar-refractivity contribution in [3.05, 3.63) is 45.9 Å². The Morgan fingerprint density at radius 3 is 3.00 bits per heavy atom. The van der Waals surface area contributed by atoms with Gasteiger partial charge < -0.3 is 4.74 Å². The number of hydrogen-bond donors (Lipinski definition) is 0. The molecule has 2 aromatic rings. The molecule has 0 N–H and O–H groups in total. The van der Waals surface area contributed by atoms with Crippen LogP contribution in [0.3, 0.4) is 0 Å². The van der Waals surface area contributed by atoms with Gasteiger partial charge in [-0.2, -0.15) is 0 Å². The van der Waals surface area contributed by atoms with Gasteiger partial charge in [-0.1, -0.05) is 12.1 Å². The Labute approximate surface area is 146 Å². The number of fused-ring (bicyclic) bond motifs is 1. The summed E-state index contributed by atoms with van der Waals surface area (Å²) in [4.78, 5) is 20.7. The van der Waals surface area contributed by atoms with E-state index in [1.165, 1.54) is 4.88 Å². The van der Waals surface area contributed by atoms with Crippen LogP contribution in [0.2, 0.25) is 0 Å². The van der Waals surface area contributed by atoms with Crippen LogP contribution in [0.15, 0.2) is 29.8 Å². The molecule has 126 valence electrons. The highest BCUT2D eigenvalue weighted by Crippen LogP contribution is 2.39. The van der Waals surface area contributed by atoms with Gasteiger partial charge in [-0.05, 0) is 38.4 Å². The van der Waals surface area contributed by atoms with Crippen molar-refractivity contribution < 1.29 is 9.53 Å². The lowest BCUT2D eigenvalue weighted by molar-refractivity contribution is 0.0299. The number of para-hydroxylation sites is 1. The molecule has 1 fully saturated rings. The fraction of sp³-hybridized carbons (Fsp3) is 0.474. The van der Waals surface area contributed by atoms with Crippen LogP contribution in [0.25, 0.3) is 0 Å². The van der Waals surface area contributed by atoms with E-state index in [9.17, 15) is 4.79 Å². The van der Waals surface area contributed by atoms with Crippen molar-refractivity contribution in [1.29, 1.82) is 0 Å². The maximum Gasteiger partial charge on any atom is 0.170 e. The average molecular weight is 342 g/mol. The Bertz CT molecular complexity index is 757. The molecule has 0 bridgehead atoms. The average Bonchev–Trinajstić information content (AvgIpc) is 2.87. The third-order valence-corrected chi connectivity index (χ3v) is 6.12. The minimum Gasteiger partial charge on any atom is -0.486 e. The predicted molar refractivity (Wildman–Crippen MR) is 94.7 cm³/mol. The maximum atomic E-state index is 12.6. The number of nitrogens with zero attached hydrogens (tertiary/aromatic N) is 2. The smallest absolute Gasteiger partial charge is 0.170 e. The summed E-state index contributed by atoms with van der Waals surface area (Å²) in [6.07, 6.45) is 3.43. The Kier molecular flexibility index (Phi) is 4.14. The minimum atomic E-state index is -0.317. The molecule has 0 radical (unpaired) electrons. The molecule has 5 heteroatoms. The Morgan fingerprint density at radius 1 is 1.29 bits per heavy atom. The zero-order valence-electron chi connectivity index (χ0n) is 14.0. The van der Waals surface area contributed by atoms with Gasteiger partial charge in [0.05, 0.1) is 23.2 Å². The van der Waals surface area contributed by atoms with Crippen LogP contribution < -0.4 is 4.74 Å². The van der Waals surface area contributed by atoms with Crippen molar-refractivity contribution in [3.8, 4) is 5.75 Å². The molecule has 0 amide bonds. The van der Waals surface area contributed by atoms with Crippen LogP contribution in [0.1, 0.15) is 46.6 Å². The summed E-state index contributed by atoms with van der Waals surface area (Å²) in [5.41, 5.74) is 3.48. The summed E-state index contributed by atoms with van der Waals surface area (Å²) < 4.78 is 6.36. The topological polar surface area (TPSA) is 42.4 Å². The fourth-order valence-electron chi connectivity index (χ4n) is 3.78. The zero-order chi connectivity index (χ0) is 16.6. The Balaban J connectivity index is 1.49. The van der Waals surface area contributed by atoms with Crippen LogP contribution in [-0.2, 0) is 6.54 Å². The van der Waals surface area contributed by atoms with E-state index in [0.29, 0.717) is 6.42 Å². The molecule has 4 rings (SSSR count). The number of Topliss-reactive ketones (excluding diaryl/α,β-unsaturated/α-hetero) is 1. The number of aryl methyl sites for hydroxylation is 1. The first kappa shape index (κ1) is 15.8. The molecule has 3 heterocycles. The minimum absolute atomic E-state index is 0.226. The van der Waals surface area contributed by atoms with Crippen LogP contribution in [-0.4, -0.2) is 34.4 Å². The highest BCUT2D eigenvalue weighted by atomic mass is 32.1. The molecule has 1 unspecified atom stereocenters. The summed E-state index contributed by atoms with van der Waals surface area (Å²) in [6, 6.07) is 7.66. The predicted octanol–water partition coefficient (Wildman–Crippen LogP) is 3.84. The van der Waals surface area contributed by atoms with E-state index >= 15 is 0 Å². The molecule has 0 aliphatic carbocycles.